The number of aryl methyl sites for hydroxylation is 2. The van der Waals surface area contributed by atoms with Crippen molar-refractivity contribution >= 4 is 23.6 Å². The smallest absolute Gasteiger partial charge is 0.198 e. The van der Waals surface area contributed by atoms with E-state index in [1.54, 1.807) is 6.33 Å². The van der Waals surface area contributed by atoms with Crippen LogP contribution in [0.3, 0.4) is 0 Å². The molecule has 1 atom stereocenters. The van der Waals surface area contributed by atoms with Crippen molar-refractivity contribution in [1.29, 1.82) is 0 Å². The van der Waals surface area contributed by atoms with E-state index in [0.29, 0.717) is 12.7 Å². The molecule has 2 aromatic rings. The van der Waals surface area contributed by atoms with Gasteiger partial charge >= 0.3 is 0 Å². The van der Waals surface area contributed by atoms with Crippen molar-refractivity contribution in [3.8, 4) is 0 Å². The van der Waals surface area contributed by atoms with Crippen LogP contribution >= 0.6 is 23.6 Å². The third-order valence-electron chi connectivity index (χ3n) is 3.08. The Morgan fingerprint density at radius 3 is 2.72 bits per heavy atom. The molecule has 0 aromatic carbocycles. The molecule has 0 aliphatic rings. The van der Waals surface area contributed by atoms with Crippen molar-refractivity contribution in [2.45, 2.75) is 26.6 Å². The lowest BCUT2D eigenvalue weighted by Crippen LogP contribution is -2.25. The van der Waals surface area contributed by atoms with Gasteiger partial charge in [0.2, 0.25) is 0 Å². The number of hydrogen-bond donors (Lipinski definition) is 0. The zero-order valence-electron chi connectivity index (χ0n) is 11.1. The lowest BCUT2D eigenvalue weighted by Gasteiger charge is -2.23. The van der Waals surface area contributed by atoms with E-state index in [0.717, 1.165) is 4.77 Å². The number of thiophene rings is 1. The highest BCUT2D eigenvalue weighted by atomic mass is 32.1. The molecule has 6 heteroatoms. The summed E-state index contributed by atoms with van der Waals surface area (Å²) in [4.78, 5) is 4.96. The molecule has 0 saturated carbocycles. The standard InChI is InChI=1S/C12H18N4S2/c1-9-5-6-11(18-9)10(2)15(4)8-16-12(17)14(3)7-13-16/h5-7,10H,8H2,1-4H3/t10-/m0/s1. The Labute approximate surface area is 116 Å². The molecule has 18 heavy (non-hydrogen) atoms. The van der Waals surface area contributed by atoms with Crippen molar-refractivity contribution in [3.05, 3.63) is 33.0 Å². The van der Waals surface area contributed by atoms with Crippen molar-refractivity contribution in [3.63, 3.8) is 0 Å². The van der Waals surface area contributed by atoms with Crippen molar-refractivity contribution in [1.82, 2.24) is 19.2 Å². The second-order valence-corrected chi connectivity index (χ2v) is 6.23. The summed E-state index contributed by atoms with van der Waals surface area (Å²) in [7, 11) is 4.01. The molecule has 0 N–H and O–H groups in total. The maximum absolute atomic E-state index is 5.29. The monoisotopic (exact) mass is 282 g/mol. The lowest BCUT2D eigenvalue weighted by molar-refractivity contribution is 0.197. The fraction of sp³-hybridized carbons (Fsp3) is 0.500. The summed E-state index contributed by atoms with van der Waals surface area (Å²) in [6, 6.07) is 4.72. The Balaban J connectivity index is 2.10. The Morgan fingerprint density at radius 1 is 1.50 bits per heavy atom. The van der Waals surface area contributed by atoms with Gasteiger partial charge in [-0.2, -0.15) is 5.10 Å². The third kappa shape index (κ3) is 2.71. The average molecular weight is 282 g/mol. The molecular weight excluding hydrogens is 264 g/mol. The number of nitrogens with zero attached hydrogens (tertiary/aromatic N) is 4. The predicted octanol–water partition coefficient (Wildman–Crippen LogP) is 2.97. The third-order valence-corrected chi connectivity index (χ3v) is 4.75. The quantitative estimate of drug-likeness (QED) is 0.806. The fourth-order valence-corrected chi connectivity index (χ4v) is 2.89. The first-order valence-electron chi connectivity index (χ1n) is 5.84. The minimum absolute atomic E-state index is 0.368. The van der Waals surface area contributed by atoms with Gasteiger partial charge in [-0.05, 0) is 45.2 Å². The van der Waals surface area contributed by atoms with E-state index in [2.05, 4.69) is 43.0 Å². The van der Waals surface area contributed by atoms with Crippen LogP contribution in [0.4, 0.5) is 0 Å². The van der Waals surface area contributed by atoms with Gasteiger partial charge in [-0.3, -0.25) is 4.90 Å². The summed E-state index contributed by atoms with van der Waals surface area (Å²) in [6.45, 7) is 5.05. The summed E-state index contributed by atoms with van der Waals surface area (Å²) >= 11 is 7.13. The normalized spacial score (nSPS) is 13.2. The van der Waals surface area contributed by atoms with E-state index in [9.17, 15) is 0 Å². The number of rotatable bonds is 4. The Kier molecular flexibility index (Phi) is 3.99. The van der Waals surface area contributed by atoms with Crippen LogP contribution in [-0.4, -0.2) is 26.3 Å². The van der Waals surface area contributed by atoms with Gasteiger partial charge in [0.05, 0.1) is 6.67 Å². The second kappa shape index (κ2) is 5.34. The van der Waals surface area contributed by atoms with Crippen LogP contribution in [0.1, 0.15) is 22.7 Å². The molecule has 2 aromatic heterocycles. The van der Waals surface area contributed by atoms with Crippen LogP contribution in [0.25, 0.3) is 0 Å². The maximum atomic E-state index is 5.29. The molecule has 2 heterocycles. The Bertz CT molecular complexity index is 581. The predicted molar refractivity (Wildman–Crippen MR) is 77.3 cm³/mol. The Hall–Kier alpha value is -0.980. The van der Waals surface area contributed by atoms with Gasteiger partial charge in [-0.15, -0.1) is 11.3 Å². The lowest BCUT2D eigenvalue weighted by atomic mass is 10.2. The minimum Gasteiger partial charge on any atom is -0.310 e. The van der Waals surface area contributed by atoms with Gasteiger partial charge < -0.3 is 4.57 Å². The average Bonchev–Trinajstić information content (AvgIpc) is 2.89. The molecule has 0 unspecified atom stereocenters. The molecule has 98 valence electrons. The van der Waals surface area contributed by atoms with Gasteiger partial charge in [0.15, 0.2) is 4.77 Å². The van der Waals surface area contributed by atoms with Gasteiger partial charge in [0.25, 0.3) is 0 Å². The van der Waals surface area contributed by atoms with Crippen LogP contribution < -0.4 is 0 Å². The molecule has 0 aliphatic carbocycles. The number of aromatic nitrogens is 3. The molecule has 0 amide bonds. The first-order valence-corrected chi connectivity index (χ1v) is 7.06. The van der Waals surface area contributed by atoms with Crippen LogP contribution in [0.2, 0.25) is 0 Å². The summed E-state index contributed by atoms with van der Waals surface area (Å²) in [5.74, 6) is 0. The number of hydrogen-bond acceptors (Lipinski definition) is 4. The van der Waals surface area contributed by atoms with E-state index < -0.39 is 0 Å². The van der Waals surface area contributed by atoms with E-state index in [1.807, 2.05) is 27.6 Å². The minimum atomic E-state index is 0.368. The zero-order valence-corrected chi connectivity index (χ0v) is 12.8. The topological polar surface area (TPSA) is 26.0 Å². The van der Waals surface area contributed by atoms with E-state index in [4.69, 9.17) is 12.2 Å². The Morgan fingerprint density at radius 2 is 2.22 bits per heavy atom. The van der Waals surface area contributed by atoms with Crippen molar-refractivity contribution < 1.29 is 0 Å². The zero-order chi connectivity index (χ0) is 13.3. The van der Waals surface area contributed by atoms with Crippen LogP contribution in [-0.2, 0) is 13.7 Å². The summed E-state index contributed by atoms with van der Waals surface area (Å²) in [6.07, 6.45) is 1.75. The first kappa shape index (κ1) is 13.5. The van der Waals surface area contributed by atoms with Gasteiger partial charge in [0.1, 0.15) is 6.33 Å². The SMILES string of the molecule is Cc1ccc([C@H](C)N(C)Cn2ncn(C)c2=S)s1. The molecule has 2 rings (SSSR count). The molecule has 4 nitrogen and oxygen atoms in total. The highest BCUT2D eigenvalue weighted by Crippen LogP contribution is 2.26. The molecule has 0 aliphatic heterocycles. The largest absolute Gasteiger partial charge is 0.310 e. The van der Waals surface area contributed by atoms with E-state index in [1.165, 1.54) is 9.75 Å². The van der Waals surface area contributed by atoms with Crippen LogP contribution in [0, 0.1) is 11.7 Å². The van der Waals surface area contributed by atoms with Crippen LogP contribution in [0.5, 0.6) is 0 Å². The molecule has 0 bridgehead atoms. The highest BCUT2D eigenvalue weighted by molar-refractivity contribution is 7.71. The molecule has 0 radical (unpaired) electrons. The second-order valence-electron chi connectivity index (χ2n) is 4.55. The van der Waals surface area contributed by atoms with Crippen molar-refractivity contribution in [2.75, 3.05) is 7.05 Å². The summed E-state index contributed by atoms with van der Waals surface area (Å²) in [5.41, 5.74) is 0. The van der Waals surface area contributed by atoms with Gasteiger partial charge in [-0.25, -0.2) is 4.68 Å². The first-order chi connectivity index (χ1) is 8.49. The summed E-state index contributed by atoms with van der Waals surface area (Å²) in [5, 5.41) is 4.27. The molecule has 0 spiro atoms. The molecule has 0 fully saturated rings. The maximum Gasteiger partial charge on any atom is 0.198 e. The highest BCUT2D eigenvalue weighted by Gasteiger charge is 2.14. The van der Waals surface area contributed by atoms with Crippen LogP contribution in [0.15, 0.2) is 18.5 Å². The fourth-order valence-electron chi connectivity index (χ4n) is 1.75. The summed E-state index contributed by atoms with van der Waals surface area (Å²) < 4.78 is 4.44. The molecular formula is C12H18N4S2. The van der Waals surface area contributed by atoms with E-state index >= 15 is 0 Å². The van der Waals surface area contributed by atoms with E-state index in [-0.39, 0.29) is 0 Å². The van der Waals surface area contributed by atoms with Crippen molar-refractivity contribution in [2.24, 2.45) is 7.05 Å². The van der Waals surface area contributed by atoms with Gasteiger partial charge in [-0.1, -0.05) is 0 Å². The van der Waals surface area contributed by atoms with Gasteiger partial charge in [0, 0.05) is 22.8 Å². The molecule has 0 saturated heterocycles.